The Morgan fingerprint density at radius 3 is 3.12 bits per heavy atom. The Kier molecular flexibility index (Phi) is 5.90. The van der Waals surface area contributed by atoms with Crippen molar-refractivity contribution in [3.63, 3.8) is 0 Å². The van der Waals surface area contributed by atoms with Crippen molar-refractivity contribution >= 4 is 5.91 Å². The number of amides is 1. The monoisotopic (exact) mass is 329 g/mol. The van der Waals surface area contributed by atoms with E-state index in [1.807, 2.05) is 23.2 Å². The molecular formula is C17H23N5O2. The molecule has 0 spiro atoms. The van der Waals surface area contributed by atoms with E-state index in [1.165, 1.54) is 6.33 Å². The van der Waals surface area contributed by atoms with Gasteiger partial charge in [-0.2, -0.15) is 5.10 Å². The number of carbonyl (C=O) groups is 1. The summed E-state index contributed by atoms with van der Waals surface area (Å²) in [4.78, 5) is 22.3. The van der Waals surface area contributed by atoms with Gasteiger partial charge in [0, 0.05) is 38.4 Å². The number of hydrogen-bond acceptors (Lipinski definition) is 5. The maximum Gasteiger partial charge on any atom is 0.222 e. The number of piperidine rings is 1. The molecule has 0 aliphatic carbocycles. The summed E-state index contributed by atoms with van der Waals surface area (Å²) < 4.78 is 7.71. The second kappa shape index (κ2) is 8.54. The molecule has 3 heterocycles. The molecule has 7 heteroatoms. The van der Waals surface area contributed by atoms with E-state index in [9.17, 15) is 4.79 Å². The lowest BCUT2D eigenvalue weighted by atomic mass is 10.1. The van der Waals surface area contributed by atoms with E-state index in [0.717, 1.165) is 37.9 Å². The largest absolute Gasteiger partial charge is 0.372 e. The quantitative estimate of drug-likeness (QED) is 0.772. The summed E-state index contributed by atoms with van der Waals surface area (Å²) in [6.45, 7) is 2.78. The molecule has 1 aliphatic rings. The Morgan fingerprint density at radius 1 is 1.38 bits per heavy atom. The van der Waals surface area contributed by atoms with E-state index in [0.29, 0.717) is 19.6 Å². The van der Waals surface area contributed by atoms with Crippen molar-refractivity contribution in [2.24, 2.45) is 0 Å². The smallest absolute Gasteiger partial charge is 0.222 e. The molecule has 3 rings (SSSR count). The van der Waals surface area contributed by atoms with Crippen molar-refractivity contribution < 1.29 is 9.53 Å². The van der Waals surface area contributed by atoms with Crippen molar-refractivity contribution in [2.45, 2.75) is 44.9 Å². The van der Waals surface area contributed by atoms with Gasteiger partial charge in [0.05, 0.1) is 12.7 Å². The first-order valence-electron chi connectivity index (χ1n) is 8.42. The lowest BCUT2D eigenvalue weighted by Crippen LogP contribution is -2.43. The van der Waals surface area contributed by atoms with Crippen LogP contribution < -0.4 is 0 Å². The lowest BCUT2D eigenvalue weighted by Gasteiger charge is -2.32. The van der Waals surface area contributed by atoms with Gasteiger partial charge in [-0.3, -0.25) is 14.5 Å². The van der Waals surface area contributed by atoms with Gasteiger partial charge in [-0.1, -0.05) is 6.07 Å². The third-order valence-corrected chi connectivity index (χ3v) is 4.18. The Hall–Kier alpha value is -2.28. The first-order valence-corrected chi connectivity index (χ1v) is 8.42. The van der Waals surface area contributed by atoms with Crippen molar-refractivity contribution in [1.82, 2.24) is 24.6 Å². The number of likely N-dealkylation sites (tertiary alicyclic amines) is 1. The Bertz CT molecular complexity index is 617. The Morgan fingerprint density at radius 2 is 2.33 bits per heavy atom. The van der Waals surface area contributed by atoms with E-state index in [2.05, 4.69) is 15.1 Å². The molecule has 1 aliphatic heterocycles. The molecule has 0 saturated carbocycles. The predicted molar refractivity (Wildman–Crippen MR) is 87.9 cm³/mol. The van der Waals surface area contributed by atoms with Gasteiger partial charge >= 0.3 is 0 Å². The zero-order chi connectivity index (χ0) is 16.6. The third-order valence-electron chi connectivity index (χ3n) is 4.18. The van der Waals surface area contributed by atoms with Gasteiger partial charge in [0.15, 0.2) is 0 Å². The molecular weight excluding hydrogens is 306 g/mol. The van der Waals surface area contributed by atoms with Crippen LogP contribution in [0.25, 0.3) is 0 Å². The van der Waals surface area contributed by atoms with Crippen molar-refractivity contribution in [3.8, 4) is 0 Å². The summed E-state index contributed by atoms with van der Waals surface area (Å²) in [7, 11) is 0. The second-order valence-corrected chi connectivity index (χ2v) is 6.04. The Balaban J connectivity index is 1.40. The Labute approximate surface area is 141 Å². The fourth-order valence-electron chi connectivity index (χ4n) is 2.90. The minimum Gasteiger partial charge on any atom is -0.372 e. The third kappa shape index (κ3) is 4.86. The normalized spacial score (nSPS) is 17.8. The summed E-state index contributed by atoms with van der Waals surface area (Å²) in [5.41, 5.74) is 1.06. The molecule has 1 atom stereocenters. The van der Waals surface area contributed by atoms with Crippen LogP contribution in [0.4, 0.5) is 0 Å². The van der Waals surface area contributed by atoms with Gasteiger partial charge in [-0.05, 0) is 30.9 Å². The summed E-state index contributed by atoms with van der Waals surface area (Å²) >= 11 is 0. The number of aromatic nitrogens is 4. The highest BCUT2D eigenvalue weighted by molar-refractivity contribution is 5.76. The summed E-state index contributed by atoms with van der Waals surface area (Å²) in [6, 6.07) is 3.91. The van der Waals surface area contributed by atoms with Crippen molar-refractivity contribution in [2.75, 3.05) is 13.1 Å². The topological polar surface area (TPSA) is 73.1 Å². The average Bonchev–Trinajstić information content (AvgIpc) is 3.14. The van der Waals surface area contributed by atoms with Gasteiger partial charge < -0.3 is 9.64 Å². The molecule has 2 aromatic heterocycles. The molecule has 0 radical (unpaired) electrons. The van der Waals surface area contributed by atoms with Crippen LogP contribution in [0.2, 0.25) is 0 Å². The number of aryl methyl sites for hydroxylation is 1. The van der Waals surface area contributed by atoms with Gasteiger partial charge in [0.1, 0.15) is 12.7 Å². The average molecular weight is 329 g/mol. The molecule has 1 saturated heterocycles. The van der Waals surface area contributed by atoms with Crippen LogP contribution in [0.3, 0.4) is 0 Å². The van der Waals surface area contributed by atoms with Crippen LogP contribution in [0.15, 0.2) is 37.2 Å². The number of carbonyl (C=O) groups excluding carboxylic acids is 1. The molecule has 0 bridgehead atoms. The summed E-state index contributed by atoms with van der Waals surface area (Å²) in [5.74, 6) is 0.199. The van der Waals surface area contributed by atoms with E-state index >= 15 is 0 Å². The minimum atomic E-state index is 0.109. The first-order chi connectivity index (χ1) is 11.8. The number of nitrogens with zero attached hydrogens (tertiary/aromatic N) is 5. The highest BCUT2D eigenvalue weighted by Crippen LogP contribution is 2.16. The standard InChI is InChI=1S/C17H23N5O2/c23-17(6-3-9-22-14-19-13-20-22)21-8-2-5-16(11-21)24-12-15-4-1-7-18-10-15/h1,4,7,10,13-14,16H,2-3,5-6,8-9,11-12H2/t16-/m0/s1. The number of rotatable bonds is 7. The van der Waals surface area contributed by atoms with E-state index < -0.39 is 0 Å². The number of ether oxygens (including phenoxy) is 1. The zero-order valence-corrected chi connectivity index (χ0v) is 13.8. The van der Waals surface area contributed by atoms with E-state index in [4.69, 9.17) is 4.74 Å². The van der Waals surface area contributed by atoms with E-state index in [1.54, 1.807) is 17.2 Å². The van der Waals surface area contributed by atoms with Crippen LogP contribution in [-0.4, -0.2) is 49.7 Å². The van der Waals surface area contributed by atoms with Crippen LogP contribution in [-0.2, 0) is 22.7 Å². The molecule has 128 valence electrons. The van der Waals surface area contributed by atoms with Gasteiger partial charge in [0.25, 0.3) is 0 Å². The zero-order valence-electron chi connectivity index (χ0n) is 13.8. The molecule has 7 nitrogen and oxygen atoms in total. The highest BCUT2D eigenvalue weighted by Gasteiger charge is 2.23. The highest BCUT2D eigenvalue weighted by atomic mass is 16.5. The van der Waals surface area contributed by atoms with Crippen molar-refractivity contribution in [1.29, 1.82) is 0 Å². The summed E-state index contributed by atoms with van der Waals surface area (Å²) in [5, 5.41) is 4.05. The van der Waals surface area contributed by atoms with Crippen LogP contribution in [0.1, 0.15) is 31.2 Å². The van der Waals surface area contributed by atoms with Gasteiger partial charge in [-0.15, -0.1) is 0 Å². The summed E-state index contributed by atoms with van der Waals surface area (Å²) in [6.07, 6.45) is 10.2. The van der Waals surface area contributed by atoms with Crippen LogP contribution in [0, 0.1) is 0 Å². The van der Waals surface area contributed by atoms with Gasteiger partial charge in [0.2, 0.25) is 5.91 Å². The van der Waals surface area contributed by atoms with Crippen molar-refractivity contribution in [3.05, 3.63) is 42.7 Å². The molecule has 0 aromatic carbocycles. The SMILES string of the molecule is O=C(CCCn1cncn1)N1CCC[C@H](OCc2cccnc2)C1. The maximum absolute atomic E-state index is 12.4. The minimum absolute atomic E-state index is 0.109. The maximum atomic E-state index is 12.4. The fourth-order valence-corrected chi connectivity index (χ4v) is 2.90. The molecule has 1 fully saturated rings. The first kappa shape index (κ1) is 16.6. The van der Waals surface area contributed by atoms with E-state index in [-0.39, 0.29) is 12.0 Å². The number of pyridine rings is 1. The van der Waals surface area contributed by atoms with Crippen LogP contribution in [0.5, 0.6) is 0 Å². The lowest BCUT2D eigenvalue weighted by molar-refractivity contribution is -0.135. The molecule has 0 N–H and O–H groups in total. The van der Waals surface area contributed by atoms with Gasteiger partial charge in [-0.25, -0.2) is 4.98 Å². The molecule has 1 amide bonds. The predicted octanol–water partition coefficient (Wildman–Crippen LogP) is 1.66. The molecule has 2 aromatic rings. The molecule has 24 heavy (non-hydrogen) atoms. The van der Waals surface area contributed by atoms with Crippen LogP contribution >= 0.6 is 0 Å². The second-order valence-electron chi connectivity index (χ2n) is 6.04. The fraction of sp³-hybridized carbons (Fsp3) is 0.529. The number of hydrogen-bond donors (Lipinski definition) is 0. The molecule has 0 unspecified atom stereocenters.